The van der Waals surface area contributed by atoms with E-state index in [1.807, 2.05) is 30.3 Å². The number of carboxylic acid groups (broad SMARTS) is 1. The third-order valence-corrected chi connectivity index (χ3v) is 4.21. The first-order chi connectivity index (χ1) is 11.1. The maximum absolute atomic E-state index is 12.4. The average molecular weight is 320 g/mol. The van der Waals surface area contributed by atoms with E-state index < -0.39 is 5.97 Å². The number of carbonyl (C=O) groups excluding carboxylic acids is 1. The Balaban J connectivity index is 1.98. The minimum atomic E-state index is -0.869. The Bertz CT molecular complexity index is 521. The molecule has 1 heterocycles. The quantitative estimate of drug-likeness (QED) is 0.712. The summed E-state index contributed by atoms with van der Waals surface area (Å²) in [6.45, 7) is 0.597. The molecule has 1 fully saturated rings. The fraction of sp³-hybridized carbons (Fsp3) is 0.529. The van der Waals surface area contributed by atoms with Crippen LogP contribution in [0.15, 0.2) is 30.3 Å². The summed E-state index contributed by atoms with van der Waals surface area (Å²) in [7, 11) is 0. The fourth-order valence-corrected chi connectivity index (χ4v) is 2.97. The Labute approximate surface area is 136 Å². The van der Waals surface area contributed by atoms with Gasteiger partial charge < -0.3 is 20.4 Å². The minimum Gasteiger partial charge on any atom is -0.481 e. The number of amides is 2. The van der Waals surface area contributed by atoms with Gasteiger partial charge >= 0.3 is 12.0 Å². The van der Waals surface area contributed by atoms with Gasteiger partial charge in [-0.25, -0.2) is 4.79 Å². The number of carboxylic acids is 1. The van der Waals surface area contributed by atoms with Gasteiger partial charge in [0.1, 0.15) is 0 Å². The molecule has 1 aliphatic heterocycles. The number of aliphatic hydroxyl groups excluding tert-OH is 1. The van der Waals surface area contributed by atoms with Gasteiger partial charge in [-0.05, 0) is 31.2 Å². The molecule has 0 bridgehead atoms. The molecule has 2 rings (SSSR count). The van der Waals surface area contributed by atoms with Crippen LogP contribution in [0.3, 0.4) is 0 Å². The normalized spacial score (nSPS) is 18.7. The zero-order valence-electron chi connectivity index (χ0n) is 13.1. The van der Waals surface area contributed by atoms with Crippen LogP contribution in [0.5, 0.6) is 0 Å². The van der Waals surface area contributed by atoms with E-state index in [-0.39, 0.29) is 31.1 Å². The maximum Gasteiger partial charge on any atom is 0.317 e. The van der Waals surface area contributed by atoms with Crippen LogP contribution in [0.2, 0.25) is 0 Å². The standard InChI is InChI=1S/C17H24N2O4/c20-12-15-7-4-10-19(15)17(23)18-14(8-9-16(21)22)11-13-5-2-1-3-6-13/h1-3,5-6,14-15,20H,4,7-12H2,(H,18,23)(H,21,22)/t14?,15-/m1/s1. The van der Waals surface area contributed by atoms with E-state index in [1.165, 1.54) is 0 Å². The van der Waals surface area contributed by atoms with Crippen molar-refractivity contribution in [2.75, 3.05) is 13.2 Å². The van der Waals surface area contributed by atoms with Crippen LogP contribution < -0.4 is 5.32 Å². The Morgan fingerprint density at radius 1 is 1.30 bits per heavy atom. The van der Waals surface area contributed by atoms with Gasteiger partial charge in [0.2, 0.25) is 0 Å². The fourth-order valence-electron chi connectivity index (χ4n) is 2.97. The maximum atomic E-state index is 12.4. The predicted octanol–water partition coefficient (Wildman–Crippen LogP) is 1.63. The van der Waals surface area contributed by atoms with Crippen LogP contribution in [-0.4, -0.2) is 52.3 Å². The van der Waals surface area contributed by atoms with Gasteiger partial charge in [0, 0.05) is 19.0 Å². The number of urea groups is 1. The summed E-state index contributed by atoms with van der Waals surface area (Å²) in [6, 6.07) is 9.12. The zero-order valence-corrected chi connectivity index (χ0v) is 13.1. The van der Waals surface area contributed by atoms with Crippen LogP contribution in [0.1, 0.15) is 31.2 Å². The molecular weight excluding hydrogens is 296 g/mol. The largest absolute Gasteiger partial charge is 0.481 e. The molecule has 1 aromatic rings. The highest BCUT2D eigenvalue weighted by Crippen LogP contribution is 2.17. The van der Waals surface area contributed by atoms with E-state index in [0.29, 0.717) is 19.4 Å². The summed E-state index contributed by atoms with van der Waals surface area (Å²) in [5.41, 5.74) is 1.06. The van der Waals surface area contributed by atoms with Crippen molar-refractivity contribution in [3.05, 3.63) is 35.9 Å². The van der Waals surface area contributed by atoms with Gasteiger partial charge in [-0.1, -0.05) is 30.3 Å². The summed E-state index contributed by atoms with van der Waals surface area (Å²) in [5, 5.41) is 21.2. The van der Waals surface area contributed by atoms with Crippen molar-refractivity contribution in [1.29, 1.82) is 0 Å². The molecule has 3 N–H and O–H groups in total. The van der Waals surface area contributed by atoms with Crippen molar-refractivity contribution in [2.45, 2.75) is 44.2 Å². The van der Waals surface area contributed by atoms with E-state index in [4.69, 9.17) is 5.11 Å². The van der Waals surface area contributed by atoms with Crippen LogP contribution in [0.4, 0.5) is 4.79 Å². The van der Waals surface area contributed by atoms with E-state index >= 15 is 0 Å². The molecule has 1 saturated heterocycles. The molecule has 126 valence electrons. The second-order valence-electron chi connectivity index (χ2n) is 5.94. The van der Waals surface area contributed by atoms with Crippen molar-refractivity contribution < 1.29 is 19.8 Å². The van der Waals surface area contributed by atoms with Crippen molar-refractivity contribution in [1.82, 2.24) is 10.2 Å². The molecule has 1 aliphatic rings. The lowest BCUT2D eigenvalue weighted by Crippen LogP contribution is -2.48. The molecule has 0 aromatic heterocycles. The lowest BCUT2D eigenvalue weighted by Gasteiger charge is -2.27. The average Bonchev–Trinajstić information content (AvgIpc) is 3.02. The Kier molecular flexibility index (Phi) is 6.40. The SMILES string of the molecule is O=C(O)CCC(Cc1ccccc1)NC(=O)N1CCC[C@@H]1CO. The number of nitrogens with zero attached hydrogens (tertiary/aromatic N) is 1. The Morgan fingerprint density at radius 3 is 2.70 bits per heavy atom. The van der Waals surface area contributed by atoms with Crippen molar-refractivity contribution in [2.24, 2.45) is 0 Å². The number of aliphatic carboxylic acids is 1. The van der Waals surface area contributed by atoms with Gasteiger partial charge in [-0.15, -0.1) is 0 Å². The molecular formula is C17H24N2O4. The number of aliphatic hydroxyl groups is 1. The first-order valence-corrected chi connectivity index (χ1v) is 8.04. The minimum absolute atomic E-state index is 0.0151. The van der Waals surface area contributed by atoms with Gasteiger partial charge in [0.05, 0.1) is 12.6 Å². The smallest absolute Gasteiger partial charge is 0.317 e. The molecule has 1 unspecified atom stereocenters. The summed E-state index contributed by atoms with van der Waals surface area (Å²) in [6.07, 6.45) is 2.69. The summed E-state index contributed by atoms with van der Waals surface area (Å²) >= 11 is 0. The third-order valence-electron chi connectivity index (χ3n) is 4.21. The number of hydrogen-bond donors (Lipinski definition) is 3. The molecule has 23 heavy (non-hydrogen) atoms. The molecule has 0 saturated carbocycles. The molecule has 2 atom stereocenters. The van der Waals surface area contributed by atoms with Crippen LogP contribution in [0, 0.1) is 0 Å². The lowest BCUT2D eigenvalue weighted by molar-refractivity contribution is -0.137. The second kappa shape index (κ2) is 8.53. The lowest BCUT2D eigenvalue weighted by atomic mass is 10.0. The highest BCUT2D eigenvalue weighted by molar-refractivity contribution is 5.75. The Hall–Kier alpha value is -2.08. The second-order valence-corrected chi connectivity index (χ2v) is 5.94. The number of carbonyl (C=O) groups is 2. The molecule has 0 spiro atoms. The summed E-state index contributed by atoms with van der Waals surface area (Å²) < 4.78 is 0. The van der Waals surface area contributed by atoms with Gasteiger partial charge in [0.25, 0.3) is 0 Å². The molecule has 0 radical (unpaired) electrons. The number of likely N-dealkylation sites (tertiary alicyclic amines) is 1. The van der Waals surface area contributed by atoms with Crippen LogP contribution >= 0.6 is 0 Å². The van der Waals surface area contributed by atoms with Crippen molar-refractivity contribution in [3.63, 3.8) is 0 Å². The first kappa shape index (κ1) is 17.3. The van der Waals surface area contributed by atoms with Crippen molar-refractivity contribution >= 4 is 12.0 Å². The van der Waals surface area contributed by atoms with Gasteiger partial charge in [-0.2, -0.15) is 0 Å². The number of hydrogen-bond acceptors (Lipinski definition) is 3. The molecule has 0 aliphatic carbocycles. The van der Waals surface area contributed by atoms with Crippen LogP contribution in [0.25, 0.3) is 0 Å². The third kappa shape index (κ3) is 5.25. The van der Waals surface area contributed by atoms with E-state index in [2.05, 4.69) is 5.32 Å². The molecule has 1 aromatic carbocycles. The highest BCUT2D eigenvalue weighted by atomic mass is 16.4. The monoisotopic (exact) mass is 320 g/mol. The summed E-state index contributed by atoms with van der Waals surface area (Å²) in [5.74, 6) is -0.869. The predicted molar refractivity (Wildman–Crippen MR) is 86.1 cm³/mol. The van der Waals surface area contributed by atoms with E-state index in [9.17, 15) is 14.7 Å². The topological polar surface area (TPSA) is 89.9 Å². The number of benzene rings is 1. The zero-order chi connectivity index (χ0) is 16.7. The molecule has 6 heteroatoms. The number of rotatable bonds is 7. The van der Waals surface area contributed by atoms with Gasteiger partial charge in [-0.3, -0.25) is 4.79 Å². The first-order valence-electron chi connectivity index (χ1n) is 8.04. The van der Waals surface area contributed by atoms with Gasteiger partial charge in [0.15, 0.2) is 0 Å². The number of nitrogens with one attached hydrogen (secondary N) is 1. The van der Waals surface area contributed by atoms with E-state index in [1.54, 1.807) is 4.90 Å². The molecule has 2 amide bonds. The molecule has 6 nitrogen and oxygen atoms in total. The highest BCUT2D eigenvalue weighted by Gasteiger charge is 2.29. The van der Waals surface area contributed by atoms with E-state index in [0.717, 1.165) is 18.4 Å². The Morgan fingerprint density at radius 2 is 2.04 bits per heavy atom. The van der Waals surface area contributed by atoms with Crippen molar-refractivity contribution in [3.8, 4) is 0 Å². The summed E-state index contributed by atoms with van der Waals surface area (Å²) in [4.78, 5) is 24.9. The van der Waals surface area contributed by atoms with Crippen LogP contribution in [-0.2, 0) is 11.2 Å².